The first-order valence-corrected chi connectivity index (χ1v) is 9.16. The van der Waals surface area contributed by atoms with E-state index < -0.39 is 5.97 Å². The molecule has 6 heteroatoms. The molecule has 1 N–H and O–H groups in total. The highest BCUT2D eigenvalue weighted by atomic mass is 16.4. The molecule has 0 aliphatic rings. The Morgan fingerprint density at radius 1 is 1.19 bits per heavy atom. The second kappa shape index (κ2) is 8.22. The number of hydrogen-bond acceptors (Lipinski definition) is 4. The van der Waals surface area contributed by atoms with Crippen molar-refractivity contribution in [3.05, 3.63) is 54.4 Å². The van der Waals surface area contributed by atoms with Gasteiger partial charge in [0.15, 0.2) is 0 Å². The van der Waals surface area contributed by atoms with Crippen LogP contribution in [-0.4, -0.2) is 59.3 Å². The Labute approximate surface area is 159 Å². The smallest absolute Gasteiger partial charge is 0.307 e. The van der Waals surface area contributed by atoms with Crippen molar-refractivity contribution in [1.82, 2.24) is 14.5 Å². The zero-order valence-corrected chi connectivity index (χ0v) is 16.1. The van der Waals surface area contributed by atoms with Crippen LogP contribution in [0.25, 0.3) is 16.6 Å². The van der Waals surface area contributed by atoms with Crippen LogP contribution in [0.4, 0.5) is 5.69 Å². The lowest BCUT2D eigenvalue weighted by Gasteiger charge is -2.27. The Kier molecular flexibility index (Phi) is 5.76. The molecule has 3 rings (SSSR count). The quantitative estimate of drug-likeness (QED) is 0.664. The second-order valence-electron chi connectivity index (χ2n) is 6.89. The molecule has 0 bridgehead atoms. The van der Waals surface area contributed by atoms with E-state index in [9.17, 15) is 4.79 Å². The predicted molar refractivity (Wildman–Crippen MR) is 108 cm³/mol. The van der Waals surface area contributed by atoms with Crippen molar-refractivity contribution in [1.29, 1.82) is 0 Å². The molecule has 0 aliphatic carbocycles. The van der Waals surface area contributed by atoms with Crippen LogP contribution in [0.5, 0.6) is 0 Å². The first-order chi connectivity index (χ1) is 13.0. The zero-order chi connectivity index (χ0) is 19.4. The van der Waals surface area contributed by atoms with Crippen LogP contribution >= 0.6 is 0 Å². The molecule has 3 aromatic rings. The van der Waals surface area contributed by atoms with Crippen molar-refractivity contribution in [2.45, 2.75) is 13.3 Å². The summed E-state index contributed by atoms with van der Waals surface area (Å²) in [7, 11) is 4.16. The summed E-state index contributed by atoms with van der Waals surface area (Å²) in [6.45, 7) is 5.01. The highest BCUT2D eigenvalue weighted by Crippen LogP contribution is 2.32. The molecule has 0 amide bonds. The van der Waals surface area contributed by atoms with Crippen LogP contribution in [0, 0.1) is 0 Å². The Morgan fingerprint density at radius 3 is 2.67 bits per heavy atom. The number of fused-ring (bicyclic) bond motifs is 1. The van der Waals surface area contributed by atoms with Gasteiger partial charge in [0, 0.05) is 42.6 Å². The van der Waals surface area contributed by atoms with Crippen LogP contribution in [0.2, 0.25) is 0 Å². The second-order valence-corrected chi connectivity index (χ2v) is 6.89. The summed E-state index contributed by atoms with van der Waals surface area (Å²) in [5.74, 6) is -0.850. The number of aromatic nitrogens is 2. The standard InChI is InChI=1S/C21H26N4O2/c1-4-24(12-11-23(2)3)19-8-6-5-7-18(19)16-9-10-25-20(13-16)17(15-22-25)14-21(26)27/h5-10,13,15H,4,11-12,14H2,1-3H3,(H,26,27). The summed E-state index contributed by atoms with van der Waals surface area (Å²) in [6.07, 6.45) is 3.50. The van der Waals surface area contributed by atoms with Gasteiger partial charge in [-0.1, -0.05) is 18.2 Å². The van der Waals surface area contributed by atoms with Crippen molar-refractivity contribution >= 4 is 17.2 Å². The maximum Gasteiger partial charge on any atom is 0.307 e. The van der Waals surface area contributed by atoms with E-state index in [1.165, 1.54) is 5.69 Å². The normalized spacial score (nSPS) is 11.3. The average molecular weight is 366 g/mol. The number of carboxylic acid groups (broad SMARTS) is 1. The summed E-state index contributed by atoms with van der Waals surface area (Å²) in [4.78, 5) is 15.7. The molecule has 0 spiro atoms. The van der Waals surface area contributed by atoms with Crippen LogP contribution in [0.1, 0.15) is 12.5 Å². The molecular formula is C21H26N4O2. The highest BCUT2D eigenvalue weighted by molar-refractivity contribution is 5.82. The molecule has 0 saturated heterocycles. The average Bonchev–Trinajstić information content (AvgIpc) is 3.04. The van der Waals surface area contributed by atoms with Crippen LogP contribution in [0.3, 0.4) is 0 Å². The topological polar surface area (TPSA) is 61.1 Å². The monoisotopic (exact) mass is 366 g/mol. The third-order valence-corrected chi connectivity index (χ3v) is 4.70. The number of rotatable bonds is 8. The lowest BCUT2D eigenvalue weighted by molar-refractivity contribution is -0.136. The number of nitrogens with zero attached hydrogens (tertiary/aromatic N) is 4. The molecule has 0 atom stereocenters. The molecular weight excluding hydrogens is 340 g/mol. The van der Waals surface area contributed by atoms with Crippen molar-refractivity contribution in [2.75, 3.05) is 38.6 Å². The number of carbonyl (C=O) groups is 1. The number of hydrogen-bond donors (Lipinski definition) is 1. The molecule has 0 radical (unpaired) electrons. The van der Waals surface area contributed by atoms with Gasteiger partial charge in [0.05, 0.1) is 18.1 Å². The molecule has 0 unspecified atom stereocenters. The van der Waals surface area contributed by atoms with E-state index in [1.807, 2.05) is 24.4 Å². The minimum Gasteiger partial charge on any atom is -0.481 e. The third-order valence-electron chi connectivity index (χ3n) is 4.70. The van der Waals surface area contributed by atoms with E-state index >= 15 is 0 Å². The Morgan fingerprint density at radius 2 is 1.96 bits per heavy atom. The van der Waals surface area contributed by atoms with Gasteiger partial charge in [-0.2, -0.15) is 5.10 Å². The molecule has 0 fully saturated rings. The van der Waals surface area contributed by atoms with Gasteiger partial charge < -0.3 is 14.9 Å². The minimum absolute atomic E-state index is 0.0292. The van der Waals surface area contributed by atoms with E-state index in [0.29, 0.717) is 0 Å². The summed E-state index contributed by atoms with van der Waals surface area (Å²) < 4.78 is 1.73. The molecule has 6 nitrogen and oxygen atoms in total. The fourth-order valence-electron chi connectivity index (χ4n) is 3.26. The van der Waals surface area contributed by atoms with Gasteiger partial charge in [-0.15, -0.1) is 0 Å². The Bertz CT molecular complexity index is 933. The lowest BCUT2D eigenvalue weighted by Crippen LogP contribution is -2.31. The van der Waals surface area contributed by atoms with Crippen LogP contribution in [0.15, 0.2) is 48.8 Å². The number of likely N-dealkylation sites (N-methyl/N-ethyl adjacent to an activating group) is 2. The van der Waals surface area contributed by atoms with Gasteiger partial charge >= 0.3 is 5.97 Å². The predicted octanol–water partition coefficient (Wildman–Crippen LogP) is 3.02. The summed E-state index contributed by atoms with van der Waals surface area (Å²) in [5.41, 5.74) is 4.95. The Hall–Kier alpha value is -2.86. The van der Waals surface area contributed by atoms with E-state index in [1.54, 1.807) is 10.7 Å². The number of para-hydroxylation sites is 1. The van der Waals surface area contributed by atoms with E-state index in [2.05, 4.69) is 54.1 Å². The number of benzene rings is 1. The van der Waals surface area contributed by atoms with Crippen molar-refractivity contribution in [2.24, 2.45) is 0 Å². The molecule has 2 heterocycles. The van der Waals surface area contributed by atoms with Gasteiger partial charge in [-0.25, -0.2) is 4.52 Å². The van der Waals surface area contributed by atoms with Crippen LogP contribution in [-0.2, 0) is 11.2 Å². The summed E-state index contributed by atoms with van der Waals surface area (Å²) >= 11 is 0. The first kappa shape index (κ1) is 18.9. The van der Waals surface area contributed by atoms with E-state index in [0.717, 1.165) is 41.8 Å². The van der Waals surface area contributed by atoms with Gasteiger partial charge in [0.1, 0.15) is 0 Å². The minimum atomic E-state index is -0.850. The lowest BCUT2D eigenvalue weighted by atomic mass is 10.0. The first-order valence-electron chi connectivity index (χ1n) is 9.16. The molecule has 0 saturated carbocycles. The SMILES string of the molecule is CCN(CCN(C)C)c1ccccc1-c1ccn2ncc(CC(=O)O)c2c1. The molecule has 1 aromatic carbocycles. The van der Waals surface area contributed by atoms with E-state index in [4.69, 9.17) is 5.11 Å². The number of aliphatic carboxylic acids is 1. The van der Waals surface area contributed by atoms with Crippen LogP contribution < -0.4 is 4.90 Å². The summed E-state index contributed by atoms with van der Waals surface area (Å²) in [6, 6.07) is 12.4. The number of anilines is 1. The van der Waals surface area contributed by atoms with Crippen molar-refractivity contribution < 1.29 is 9.90 Å². The van der Waals surface area contributed by atoms with Gasteiger partial charge in [-0.3, -0.25) is 4.79 Å². The summed E-state index contributed by atoms with van der Waals surface area (Å²) in [5, 5.41) is 13.4. The van der Waals surface area contributed by atoms with Gasteiger partial charge in [0.2, 0.25) is 0 Å². The van der Waals surface area contributed by atoms with E-state index in [-0.39, 0.29) is 6.42 Å². The maximum atomic E-state index is 11.1. The Balaban J connectivity index is 2.02. The van der Waals surface area contributed by atoms with Crippen molar-refractivity contribution in [3.63, 3.8) is 0 Å². The van der Waals surface area contributed by atoms with Gasteiger partial charge in [-0.05, 0) is 44.8 Å². The highest BCUT2D eigenvalue weighted by Gasteiger charge is 2.14. The largest absolute Gasteiger partial charge is 0.481 e. The van der Waals surface area contributed by atoms with Gasteiger partial charge in [0.25, 0.3) is 0 Å². The molecule has 2 aromatic heterocycles. The zero-order valence-electron chi connectivity index (χ0n) is 16.1. The van der Waals surface area contributed by atoms with Crippen molar-refractivity contribution in [3.8, 4) is 11.1 Å². The molecule has 27 heavy (non-hydrogen) atoms. The molecule has 142 valence electrons. The molecule has 0 aliphatic heterocycles. The number of carboxylic acids is 1. The number of pyridine rings is 1. The third kappa shape index (κ3) is 4.28. The fraction of sp³-hybridized carbons (Fsp3) is 0.333. The fourth-order valence-corrected chi connectivity index (χ4v) is 3.26. The maximum absolute atomic E-state index is 11.1.